The lowest BCUT2D eigenvalue weighted by molar-refractivity contribution is -0.171. The van der Waals surface area contributed by atoms with Gasteiger partial charge in [-0.2, -0.15) is 0 Å². The SMILES string of the molecule is CNC(=O)[C@@]1(C)C[C@@H](n2cnc3c(NCC(F)F)nc(C#C[Si](C)(C)C)nc32)[C@@H]2OC(C)(C)O[C@@H]21. The zero-order chi connectivity index (χ0) is 25.8. The Morgan fingerprint density at radius 1 is 1.29 bits per heavy atom. The van der Waals surface area contributed by atoms with Crippen LogP contribution in [0.1, 0.15) is 39.1 Å². The second kappa shape index (κ2) is 8.79. The van der Waals surface area contributed by atoms with Gasteiger partial charge in [0, 0.05) is 7.05 Å². The Balaban J connectivity index is 1.83. The largest absolute Gasteiger partial charge is 0.362 e. The lowest BCUT2D eigenvalue weighted by Crippen LogP contribution is -2.45. The molecule has 0 spiro atoms. The summed E-state index contributed by atoms with van der Waals surface area (Å²) >= 11 is 0. The zero-order valence-corrected chi connectivity index (χ0v) is 22.1. The maximum Gasteiger partial charge on any atom is 0.255 e. The van der Waals surface area contributed by atoms with Gasteiger partial charge in [0.2, 0.25) is 11.7 Å². The number of aromatic nitrogens is 4. The summed E-state index contributed by atoms with van der Waals surface area (Å²) in [5.41, 5.74) is 3.17. The van der Waals surface area contributed by atoms with Crippen molar-refractivity contribution in [2.24, 2.45) is 5.41 Å². The third-order valence-electron chi connectivity index (χ3n) is 6.27. The lowest BCUT2D eigenvalue weighted by atomic mass is 9.85. The first kappa shape index (κ1) is 25.5. The van der Waals surface area contributed by atoms with Gasteiger partial charge in [0.05, 0.1) is 24.3 Å². The Morgan fingerprint density at radius 3 is 2.63 bits per heavy atom. The molecule has 1 aliphatic heterocycles. The summed E-state index contributed by atoms with van der Waals surface area (Å²) in [6, 6.07) is -0.329. The first-order chi connectivity index (χ1) is 16.2. The molecule has 0 unspecified atom stereocenters. The molecule has 0 bridgehead atoms. The van der Waals surface area contributed by atoms with Gasteiger partial charge in [-0.1, -0.05) is 19.6 Å². The number of hydrogen-bond acceptors (Lipinski definition) is 7. The van der Waals surface area contributed by atoms with E-state index in [1.807, 2.05) is 25.3 Å². The van der Waals surface area contributed by atoms with E-state index in [2.05, 4.69) is 56.7 Å². The summed E-state index contributed by atoms with van der Waals surface area (Å²) in [6.45, 7) is 11.2. The number of alkyl halides is 2. The molecular weight excluding hydrogens is 474 g/mol. The van der Waals surface area contributed by atoms with Crippen LogP contribution in [-0.2, 0) is 14.3 Å². The lowest BCUT2D eigenvalue weighted by Gasteiger charge is -2.29. The molecule has 9 nitrogen and oxygen atoms in total. The minimum absolute atomic E-state index is 0.142. The first-order valence-electron chi connectivity index (χ1n) is 11.6. The summed E-state index contributed by atoms with van der Waals surface area (Å²) in [5, 5.41) is 5.42. The molecule has 0 radical (unpaired) electrons. The second-order valence-corrected chi connectivity index (χ2v) is 15.5. The molecule has 2 fully saturated rings. The second-order valence-electron chi connectivity index (χ2n) is 10.8. The predicted molar refractivity (Wildman–Crippen MR) is 130 cm³/mol. The smallest absolute Gasteiger partial charge is 0.255 e. The maximum atomic E-state index is 13.0. The Kier molecular flexibility index (Phi) is 6.40. The number of carbonyl (C=O) groups is 1. The Morgan fingerprint density at radius 2 is 2.00 bits per heavy atom. The third kappa shape index (κ3) is 4.89. The van der Waals surface area contributed by atoms with Crippen LogP contribution in [0.15, 0.2) is 6.33 Å². The van der Waals surface area contributed by atoms with Gasteiger partial charge in [0.25, 0.3) is 6.43 Å². The summed E-state index contributed by atoms with van der Waals surface area (Å²) in [4.78, 5) is 26.4. The minimum atomic E-state index is -2.56. The zero-order valence-electron chi connectivity index (χ0n) is 21.1. The van der Waals surface area contributed by atoms with Gasteiger partial charge < -0.3 is 24.7 Å². The first-order valence-corrected chi connectivity index (χ1v) is 15.1. The number of ether oxygens (including phenoxy) is 2. The number of halogens is 2. The molecule has 3 heterocycles. The quantitative estimate of drug-likeness (QED) is 0.475. The highest BCUT2D eigenvalue weighted by atomic mass is 28.3. The molecule has 4 atom stereocenters. The van der Waals surface area contributed by atoms with Gasteiger partial charge in [0.1, 0.15) is 20.3 Å². The van der Waals surface area contributed by atoms with Gasteiger partial charge in [-0.3, -0.25) is 4.79 Å². The van der Waals surface area contributed by atoms with Crippen molar-refractivity contribution in [2.45, 2.75) is 77.3 Å². The summed E-state index contributed by atoms with van der Waals surface area (Å²) < 4.78 is 40.2. The van der Waals surface area contributed by atoms with Gasteiger partial charge in [0.15, 0.2) is 22.8 Å². The fourth-order valence-electron chi connectivity index (χ4n) is 4.75. The van der Waals surface area contributed by atoms with E-state index >= 15 is 0 Å². The molecular formula is C23H32F2N6O3Si. The molecule has 4 rings (SSSR count). The topological polar surface area (TPSA) is 103 Å². The summed E-state index contributed by atoms with van der Waals surface area (Å²) in [5.74, 6) is 2.43. The summed E-state index contributed by atoms with van der Waals surface area (Å²) in [7, 11) is -0.141. The van der Waals surface area contributed by atoms with E-state index < -0.39 is 44.5 Å². The van der Waals surface area contributed by atoms with Crippen molar-refractivity contribution in [2.75, 3.05) is 18.9 Å². The van der Waals surface area contributed by atoms with Crippen molar-refractivity contribution >= 4 is 31.0 Å². The van der Waals surface area contributed by atoms with E-state index in [1.54, 1.807) is 13.4 Å². The van der Waals surface area contributed by atoms with Crippen LogP contribution in [0.2, 0.25) is 19.6 Å². The van der Waals surface area contributed by atoms with Crippen molar-refractivity contribution in [3.63, 3.8) is 0 Å². The van der Waals surface area contributed by atoms with Crippen molar-refractivity contribution in [3.8, 4) is 11.5 Å². The number of imidazole rings is 1. The highest BCUT2D eigenvalue weighted by Crippen LogP contribution is 2.53. The predicted octanol–water partition coefficient (Wildman–Crippen LogP) is 2.95. The Bertz CT molecular complexity index is 1200. The van der Waals surface area contributed by atoms with E-state index in [4.69, 9.17) is 9.47 Å². The van der Waals surface area contributed by atoms with Crippen LogP contribution >= 0.6 is 0 Å². The number of anilines is 1. The molecule has 1 aliphatic carbocycles. The van der Waals surface area contributed by atoms with Crippen molar-refractivity contribution < 1.29 is 23.0 Å². The molecule has 2 aliphatic rings. The molecule has 12 heteroatoms. The van der Waals surface area contributed by atoms with Gasteiger partial charge in [-0.25, -0.2) is 23.7 Å². The van der Waals surface area contributed by atoms with Crippen LogP contribution < -0.4 is 10.6 Å². The van der Waals surface area contributed by atoms with E-state index in [-0.39, 0.29) is 23.6 Å². The molecule has 1 amide bonds. The highest BCUT2D eigenvalue weighted by Gasteiger charge is 2.63. The average molecular weight is 507 g/mol. The average Bonchev–Trinajstić information content (AvgIpc) is 3.40. The molecule has 1 saturated carbocycles. The van der Waals surface area contributed by atoms with Crippen LogP contribution in [0.5, 0.6) is 0 Å². The van der Waals surface area contributed by atoms with Crippen molar-refractivity contribution in [1.82, 2.24) is 24.8 Å². The Labute approximate surface area is 204 Å². The van der Waals surface area contributed by atoms with Gasteiger partial charge in [-0.15, -0.1) is 5.54 Å². The van der Waals surface area contributed by atoms with Crippen molar-refractivity contribution in [3.05, 3.63) is 12.2 Å². The molecule has 1 saturated heterocycles. The van der Waals surface area contributed by atoms with Crippen LogP contribution in [0.25, 0.3) is 11.2 Å². The third-order valence-corrected chi connectivity index (χ3v) is 7.14. The van der Waals surface area contributed by atoms with Crippen LogP contribution in [0.3, 0.4) is 0 Å². The molecule has 190 valence electrons. The fraction of sp³-hybridized carbons (Fsp3) is 0.652. The number of hydrogen-bond donors (Lipinski definition) is 2. The molecule has 2 aromatic heterocycles. The standard InChI is InChI=1S/C23H32F2N6O3Si/c1-22(2)33-17-13(10-23(3,18(17)34-22)21(32)26-4)31-12-28-16-19(27-11-14(24)25)29-15(30-20(16)31)8-9-35(5,6)7/h12-14,17-18H,10-11H2,1-7H3,(H,26,32)(H,27,29,30)/t13-,17+,18+,23+/m1/s1. The van der Waals surface area contributed by atoms with E-state index in [0.29, 0.717) is 17.6 Å². The van der Waals surface area contributed by atoms with Crippen LogP contribution in [0, 0.1) is 16.9 Å². The molecule has 2 aromatic rings. The van der Waals surface area contributed by atoms with Crippen LogP contribution in [-0.4, -0.2) is 71.5 Å². The number of nitrogens with zero attached hydrogens (tertiary/aromatic N) is 4. The van der Waals surface area contributed by atoms with E-state index in [9.17, 15) is 13.6 Å². The molecule has 0 aromatic carbocycles. The number of rotatable bonds is 5. The van der Waals surface area contributed by atoms with E-state index in [1.165, 1.54) is 0 Å². The van der Waals surface area contributed by atoms with Crippen molar-refractivity contribution in [1.29, 1.82) is 0 Å². The maximum absolute atomic E-state index is 13.0. The fourth-order valence-corrected chi connectivity index (χ4v) is 5.24. The number of nitrogens with one attached hydrogen (secondary N) is 2. The van der Waals surface area contributed by atoms with Crippen LogP contribution in [0.4, 0.5) is 14.6 Å². The molecule has 35 heavy (non-hydrogen) atoms. The normalized spacial score (nSPS) is 27.5. The van der Waals surface area contributed by atoms with Gasteiger partial charge >= 0.3 is 0 Å². The van der Waals surface area contributed by atoms with Gasteiger partial charge in [-0.05, 0) is 33.1 Å². The van der Waals surface area contributed by atoms with E-state index in [0.717, 1.165) is 0 Å². The minimum Gasteiger partial charge on any atom is -0.362 e. The highest BCUT2D eigenvalue weighted by molar-refractivity contribution is 6.83. The number of amides is 1. The molecule has 2 N–H and O–H groups in total. The number of carbonyl (C=O) groups excluding carboxylic acids is 1. The summed E-state index contributed by atoms with van der Waals surface area (Å²) in [6.07, 6.45) is -1.47. The Hall–Kier alpha value is -2.62. The number of fused-ring (bicyclic) bond motifs is 2. The monoisotopic (exact) mass is 506 g/mol.